The predicted molar refractivity (Wildman–Crippen MR) is 106 cm³/mol. The van der Waals surface area contributed by atoms with Gasteiger partial charge in [-0.15, -0.1) is 0 Å². The first kappa shape index (κ1) is 26.6. The van der Waals surface area contributed by atoms with Crippen molar-refractivity contribution in [2.45, 2.75) is 45.3 Å². The molecule has 1 N–H and O–H groups in total. The summed E-state index contributed by atoms with van der Waals surface area (Å²) in [6.07, 6.45) is 2.45. The highest BCUT2D eigenvalue weighted by Crippen LogP contribution is 2.09. The number of unbranched alkanes of at least 4 members (excludes halogenated alkanes) is 1. The lowest BCUT2D eigenvalue weighted by atomic mass is 10.1. The molecule has 0 rings (SSSR count). The number of hydrogen-bond donors (Lipinski definition) is 1. The number of hydrogen-bond acceptors (Lipinski definition) is 8. The minimum Gasteiger partial charge on any atom is -0.460 e. The Morgan fingerprint density at radius 3 is 2.03 bits per heavy atom. The fourth-order valence-corrected chi connectivity index (χ4v) is 1.95. The SMILES string of the molecule is C=CC(=O)OCC(C)(COC(=O)C=C)NC(=O)OC(COCC)COCCCC. The maximum atomic E-state index is 12.4. The summed E-state index contributed by atoms with van der Waals surface area (Å²) in [4.78, 5) is 35.1. The summed E-state index contributed by atoms with van der Waals surface area (Å²) in [5.41, 5.74) is -1.23. The molecule has 1 atom stereocenters. The molecule has 0 aromatic rings. The van der Waals surface area contributed by atoms with Crippen molar-refractivity contribution in [3.05, 3.63) is 25.3 Å². The van der Waals surface area contributed by atoms with Gasteiger partial charge < -0.3 is 29.0 Å². The number of amides is 1. The van der Waals surface area contributed by atoms with E-state index >= 15 is 0 Å². The molecule has 9 heteroatoms. The Hall–Kier alpha value is -2.39. The molecule has 0 radical (unpaired) electrons. The molecule has 0 saturated heterocycles. The van der Waals surface area contributed by atoms with Gasteiger partial charge in [-0.05, 0) is 20.3 Å². The number of rotatable bonds is 16. The Bertz CT molecular complexity index is 511. The monoisotopic (exact) mass is 415 g/mol. The Labute approximate surface area is 172 Å². The molecule has 0 aromatic carbocycles. The molecule has 29 heavy (non-hydrogen) atoms. The first-order valence-electron chi connectivity index (χ1n) is 9.52. The lowest BCUT2D eigenvalue weighted by Crippen LogP contribution is -2.54. The highest BCUT2D eigenvalue weighted by atomic mass is 16.6. The van der Waals surface area contributed by atoms with Crippen molar-refractivity contribution >= 4 is 18.0 Å². The van der Waals surface area contributed by atoms with Crippen LogP contribution in [-0.2, 0) is 33.3 Å². The van der Waals surface area contributed by atoms with E-state index in [-0.39, 0.29) is 26.4 Å². The van der Waals surface area contributed by atoms with Crippen LogP contribution in [0.3, 0.4) is 0 Å². The molecule has 9 nitrogen and oxygen atoms in total. The van der Waals surface area contributed by atoms with Crippen molar-refractivity contribution in [3.63, 3.8) is 0 Å². The highest BCUT2D eigenvalue weighted by molar-refractivity contribution is 5.82. The Morgan fingerprint density at radius 1 is 1.00 bits per heavy atom. The third-order valence-electron chi connectivity index (χ3n) is 3.53. The van der Waals surface area contributed by atoms with Crippen molar-refractivity contribution in [2.75, 3.05) is 39.6 Å². The summed E-state index contributed by atoms with van der Waals surface area (Å²) in [6.45, 7) is 12.9. The third-order valence-corrected chi connectivity index (χ3v) is 3.53. The van der Waals surface area contributed by atoms with Crippen molar-refractivity contribution < 1.29 is 38.1 Å². The average Bonchev–Trinajstić information content (AvgIpc) is 2.71. The summed E-state index contributed by atoms with van der Waals surface area (Å²) >= 11 is 0. The molecule has 0 spiro atoms. The molecule has 1 unspecified atom stereocenters. The molecule has 0 heterocycles. The van der Waals surface area contributed by atoms with Crippen molar-refractivity contribution in [1.29, 1.82) is 0 Å². The summed E-state index contributed by atoms with van der Waals surface area (Å²) in [6, 6.07) is 0. The Balaban J connectivity index is 4.92. The lowest BCUT2D eigenvalue weighted by molar-refractivity contribution is -0.144. The smallest absolute Gasteiger partial charge is 0.408 e. The highest BCUT2D eigenvalue weighted by Gasteiger charge is 2.31. The topological polar surface area (TPSA) is 109 Å². The molecule has 0 bridgehead atoms. The fraction of sp³-hybridized carbons (Fsp3) is 0.650. The van der Waals surface area contributed by atoms with Gasteiger partial charge in [0.1, 0.15) is 18.8 Å². The largest absolute Gasteiger partial charge is 0.460 e. The number of carbonyl (C=O) groups excluding carboxylic acids is 3. The van der Waals surface area contributed by atoms with Gasteiger partial charge in [-0.3, -0.25) is 0 Å². The van der Waals surface area contributed by atoms with E-state index in [1.807, 2.05) is 13.8 Å². The maximum absolute atomic E-state index is 12.4. The summed E-state index contributed by atoms with van der Waals surface area (Å²) < 4.78 is 26.2. The van der Waals surface area contributed by atoms with Crippen LogP contribution >= 0.6 is 0 Å². The molecule has 0 aliphatic carbocycles. The van der Waals surface area contributed by atoms with E-state index in [2.05, 4.69) is 18.5 Å². The predicted octanol–water partition coefficient (Wildman–Crippen LogP) is 2.15. The molecule has 1 amide bonds. The zero-order valence-electron chi connectivity index (χ0n) is 17.6. The normalized spacial score (nSPS) is 11.8. The van der Waals surface area contributed by atoms with E-state index in [0.29, 0.717) is 13.2 Å². The average molecular weight is 415 g/mol. The number of carbonyl (C=O) groups is 3. The quantitative estimate of drug-likeness (QED) is 0.177. The van der Waals surface area contributed by atoms with E-state index in [0.717, 1.165) is 25.0 Å². The van der Waals surface area contributed by atoms with Crippen LogP contribution < -0.4 is 5.32 Å². The van der Waals surface area contributed by atoms with Gasteiger partial charge in [-0.1, -0.05) is 26.5 Å². The summed E-state index contributed by atoms with van der Waals surface area (Å²) in [5, 5.41) is 2.57. The van der Waals surface area contributed by atoms with Gasteiger partial charge in [0.2, 0.25) is 0 Å². The number of nitrogens with one attached hydrogen (secondary N) is 1. The molecular formula is C20H33NO8. The lowest BCUT2D eigenvalue weighted by Gasteiger charge is -2.30. The fourth-order valence-electron chi connectivity index (χ4n) is 1.95. The van der Waals surface area contributed by atoms with Gasteiger partial charge in [0.05, 0.1) is 13.2 Å². The summed E-state index contributed by atoms with van der Waals surface area (Å²) in [5.74, 6) is -1.36. The molecule has 0 aliphatic rings. The molecule has 0 aliphatic heterocycles. The maximum Gasteiger partial charge on any atom is 0.408 e. The number of alkyl carbamates (subject to hydrolysis) is 1. The second-order valence-corrected chi connectivity index (χ2v) is 6.42. The molecule has 166 valence electrons. The van der Waals surface area contributed by atoms with Crippen LogP contribution in [0.5, 0.6) is 0 Å². The van der Waals surface area contributed by atoms with Crippen molar-refractivity contribution in [1.82, 2.24) is 5.32 Å². The van der Waals surface area contributed by atoms with Crippen LogP contribution in [0.25, 0.3) is 0 Å². The van der Waals surface area contributed by atoms with Gasteiger partial charge in [-0.25, -0.2) is 14.4 Å². The molecule has 0 aromatic heterocycles. The minimum absolute atomic E-state index is 0.170. The second kappa shape index (κ2) is 15.5. The van der Waals surface area contributed by atoms with Gasteiger partial charge >= 0.3 is 18.0 Å². The van der Waals surface area contributed by atoms with E-state index < -0.39 is 29.7 Å². The zero-order chi connectivity index (χ0) is 22.1. The van der Waals surface area contributed by atoms with Crippen molar-refractivity contribution in [2.24, 2.45) is 0 Å². The summed E-state index contributed by atoms with van der Waals surface area (Å²) in [7, 11) is 0. The van der Waals surface area contributed by atoms with Crippen molar-refractivity contribution in [3.8, 4) is 0 Å². The van der Waals surface area contributed by atoms with Gasteiger partial charge in [0, 0.05) is 25.4 Å². The molecule has 0 saturated carbocycles. The van der Waals surface area contributed by atoms with Gasteiger partial charge in [0.25, 0.3) is 0 Å². The third kappa shape index (κ3) is 13.4. The van der Waals surface area contributed by atoms with Gasteiger partial charge in [0.15, 0.2) is 6.10 Å². The number of ether oxygens (including phenoxy) is 5. The minimum atomic E-state index is -1.23. The zero-order valence-corrected chi connectivity index (χ0v) is 17.6. The van der Waals surface area contributed by atoms with E-state index in [1.54, 1.807) is 0 Å². The Kier molecular flexibility index (Phi) is 14.2. The van der Waals surface area contributed by atoms with Crippen LogP contribution in [0.4, 0.5) is 4.79 Å². The Morgan fingerprint density at radius 2 is 1.55 bits per heavy atom. The van der Waals surface area contributed by atoms with Crippen LogP contribution in [0.2, 0.25) is 0 Å². The number of esters is 2. The van der Waals surface area contributed by atoms with E-state index in [4.69, 9.17) is 23.7 Å². The van der Waals surface area contributed by atoms with Crippen LogP contribution in [-0.4, -0.2) is 69.3 Å². The van der Waals surface area contributed by atoms with Crippen LogP contribution in [0.15, 0.2) is 25.3 Å². The van der Waals surface area contributed by atoms with Gasteiger partial charge in [-0.2, -0.15) is 0 Å². The first-order valence-corrected chi connectivity index (χ1v) is 9.52. The van der Waals surface area contributed by atoms with E-state index in [9.17, 15) is 14.4 Å². The first-order chi connectivity index (χ1) is 13.8. The molecular weight excluding hydrogens is 382 g/mol. The van der Waals surface area contributed by atoms with Crippen LogP contribution in [0.1, 0.15) is 33.6 Å². The standard InChI is InChI=1S/C20H33NO8/c1-6-10-11-26-13-16(12-25-9-4)29-19(24)21-20(5,14-27-17(22)7-2)15-28-18(23)8-3/h7-8,16H,2-3,6,9-15H2,1,4-5H3,(H,21,24). The van der Waals surface area contributed by atoms with E-state index in [1.165, 1.54) is 6.92 Å². The molecule has 0 fully saturated rings. The van der Waals surface area contributed by atoms with Crippen LogP contribution in [0, 0.1) is 0 Å². The second-order valence-electron chi connectivity index (χ2n) is 6.42.